The molecule has 3 nitrogen and oxygen atoms in total. The summed E-state index contributed by atoms with van der Waals surface area (Å²) in [5.74, 6) is 0.468. The molecule has 1 aromatic heterocycles. The molecule has 12 heavy (non-hydrogen) atoms. The normalized spacial score (nSPS) is 19.8. The maximum Gasteiger partial charge on any atom is 0.226 e. The summed E-state index contributed by atoms with van der Waals surface area (Å²) in [5, 5.41) is 4.25. The Kier molecular flexibility index (Phi) is 2.33. The van der Waals surface area contributed by atoms with E-state index in [0.717, 1.165) is 31.7 Å². The minimum atomic E-state index is 0.372. The van der Waals surface area contributed by atoms with E-state index in [2.05, 4.69) is 5.16 Å². The van der Waals surface area contributed by atoms with Gasteiger partial charge in [-0.05, 0) is 24.4 Å². The van der Waals surface area contributed by atoms with Crippen LogP contribution >= 0.6 is 11.6 Å². The molecule has 2 heterocycles. The molecule has 4 heteroatoms. The maximum atomic E-state index is 5.62. The summed E-state index contributed by atoms with van der Waals surface area (Å²) in [6.45, 7) is 1.63. The molecule has 1 aromatic rings. The van der Waals surface area contributed by atoms with Crippen molar-refractivity contribution in [3.63, 3.8) is 0 Å². The Bertz CT molecular complexity index is 255. The minimum Gasteiger partial charge on any atom is -0.381 e. The van der Waals surface area contributed by atoms with Gasteiger partial charge in [-0.3, -0.25) is 0 Å². The first kappa shape index (κ1) is 8.08. The second-order valence-corrected chi connectivity index (χ2v) is 3.32. The topological polar surface area (TPSA) is 35.3 Å². The molecular formula is C8H10ClNO2. The Labute approximate surface area is 75.6 Å². The van der Waals surface area contributed by atoms with Crippen LogP contribution in [0.2, 0.25) is 5.22 Å². The molecule has 0 atom stereocenters. The lowest BCUT2D eigenvalue weighted by Gasteiger charge is -2.19. The summed E-state index contributed by atoms with van der Waals surface area (Å²) < 4.78 is 10.0. The quantitative estimate of drug-likeness (QED) is 0.676. The number of hydrogen-bond donors (Lipinski definition) is 0. The highest BCUT2D eigenvalue weighted by Crippen LogP contribution is 2.27. The monoisotopic (exact) mass is 187 g/mol. The highest BCUT2D eigenvalue weighted by atomic mass is 35.5. The SMILES string of the molecule is Clc1cc(C2CCOCC2)no1. The van der Waals surface area contributed by atoms with Gasteiger partial charge >= 0.3 is 0 Å². The van der Waals surface area contributed by atoms with E-state index in [1.54, 1.807) is 6.07 Å². The van der Waals surface area contributed by atoms with E-state index < -0.39 is 0 Å². The number of aromatic nitrogens is 1. The predicted octanol–water partition coefficient (Wildman–Crippen LogP) is 2.22. The van der Waals surface area contributed by atoms with Crippen molar-refractivity contribution in [3.8, 4) is 0 Å². The molecular weight excluding hydrogens is 178 g/mol. The van der Waals surface area contributed by atoms with Crippen LogP contribution in [0.3, 0.4) is 0 Å². The first-order chi connectivity index (χ1) is 5.86. The lowest BCUT2D eigenvalue weighted by molar-refractivity contribution is 0.0838. The molecule has 2 rings (SSSR count). The van der Waals surface area contributed by atoms with Crippen LogP contribution < -0.4 is 0 Å². The standard InChI is InChI=1S/C8H10ClNO2/c9-8-5-7(10-12-8)6-1-3-11-4-2-6/h5-6H,1-4H2. The van der Waals surface area contributed by atoms with Gasteiger partial charge in [-0.25, -0.2) is 0 Å². The molecule has 0 aliphatic carbocycles. The van der Waals surface area contributed by atoms with Gasteiger partial charge < -0.3 is 9.26 Å². The van der Waals surface area contributed by atoms with Crippen LogP contribution in [0, 0.1) is 0 Å². The smallest absolute Gasteiger partial charge is 0.226 e. The summed E-state index contributed by atoms with van der Waals surface area (Å²) in [6.07, 6.45) is 2.03. The van der Waals surface area contributed by atoms with Crippen LogP contribution in [0.5, 0.6) is 0 Å². The highest BCUT2D eigenvalue weighted by molar-refractivity contribution is 6.28. The second kappa shape index (κ2) is 3.46. The van der Waals surface area contributed by atoms with Crippen molar-refractivity contribution in [2.24, 2.45) is 0 Å². The Morgan fingerprint density at radius 1 is 1.42 bits per heavy atom. The van der Waals surface area contributed by atoms with Crippen molar-refractivity contribution in [2.75, 3.05) is 13.2 Å². The third-order valence-corrected chi connectivity index (χ3v) is 2.32. The Hall–Kier alpha value is -0.540. The molecule has 66 valence electrons. The maximum absolute atomic E-state index is 5.62. The van der Waals surface area contributed by atoms with Gasteiger partial charge in [0.2, 0.25) is 5.22 Å². The van der Waals surface area contributed by atoms with Gasteiger partial charge in [0, 0.05) is 25.2 Å². The molecule has 1 fully saturated rings. The molecule has 0 amide bonds. The number of rotatable bonds is 1. The summed E-state index contributed by atoms with van der Waals surface area (Å²) in [5.41, 5.74) is 0.961. The zero-order chi connectivity index (χ0) is 8.39. The molecule has 0 bridgehead atoms. The van der Waals surface area contributed by atoms with E-state index in [1.807, 2.05) is 0 Å². The first-order valence-corrected chi connectivity index (χ1v) is 4.44. The van der Waals surface area contributed by atoms with Crippen LogP contribution in [-0.4, -0.2) is 18.4 Å². The largest absolute Gasteiger partial charge is 0.381 e. The van der Waals surface area contributed by atoms with Gasteiger partial charge in [-0.2, -0.15) is 0 Å². The van der Waals surface area contributed by atoms with E-state index in [4.69, 9.17) is 20.9 Å². The zero-order valence-electron chi connectivity index (χ0n) is 6.62. The van der Waals surface area contributed by atoms with Gasteiger partial charge in [0.25, 0.3) is 0 Å². The molecule has 0 spiro atoms. The lowest BCUT2D eigenvalue weighted by atomic mass is 9.97. The number of nitrogens with zero attached hydrogens (tertiary/aromatic N) is 1. The molecule has 0 radical (unpaired) electrons. The fourth-order valence-corrected chi connectivity index (χ4v) is 1.60. The third-order valence-electron chi connectivity index (χ3n) is 2.14. The van der Waals surface area contributed by atoms with Crippen LogP contribution in [0.25, 0.3) is 0 Å². The Morgan fingerprint density at radius 3 is 2.75 bits per heavy atom. The van der Waals surface area contributed by atoms with Crippen LogP contribution in [0.4, 0.5) is 0 Å². The fourth-order valence-electron chi connectivity index (χ4n) is 1.45. The third kappa shape index (κ3) is 1.62. The van der Waals surface area contributed by atoms with Crippen molar-refractivity contribution in [1.82, 2.24) is 5.16 Å². The van der Waals surface area contributed by atoms with Crippen molar-refractivity contribution in [2.45, 2.75) is 18.8 Å². The van der Waals surface area contributed by atoms with Crippen LogP contribution in [0.1, 0.15) is 24.5 Å². The average Bonchev–Trinajstić information content (AvgIpc) is 2.54. The Morgan fingerprint density at radius 2 is 2.17 bits per heavy atom. The van der Waals surface area contributed by atoms with Gasteiger partial charge in [0.1, 0.15) is 0 Å². The van der Waals surface area contributed by atoms with Crippen molar-refractivity contribution >= 4 is 11.6 Å². The highest BCUT2D eigenvalue weighted by Gasteiger charge is 2.19. The van der Waals surface area contributed by atoms with Crippen molar-refractivity contribution in [1.29, 1.82) is 0 Å². The second-order valence-electron chi connectivity index (χ2n) is 2.94. The molecule has 1 saturated heterocycles. The molecule has 0 N–H and O–H groups in total. The van der Waals surface area contributed by atoms with E-state index >= 15 is 0 Å². The number of halogens is 1. The van der Waals surface area contributed by atoms with Crippen LogP contribution in [0.15, 0.2) is 10.6 Å². The van der Waals surface area contributed by atoms with Gasteiger partial charge in [0.15, 0.2) is 0 Å². The summed E-state index contributed by atoms with van der Waals surface area (Å²) >= 11 is 5.62. The zero-order valence-corrected chi connectivity index (χ0v) is 7.38. The van der Waals surface area contributed by atoms with Gasteiger partial charge in [-0.15, -0.1) is 0 Å². The van der Waals surface area contributed by atoms with E-state index in [0.29, 0.717) is 11.1 Å². The lowest BCUT2D eigenvalue weighted by Crippen LogP contribution is -2.14. The van der Waals surface area contributed by atoms with Gasteiger partial charge in [-0.1, -0.05) is 5.16 Å². The molecule has 0 saturated carbocycles. The van der Waals surface area contributed by atoms with E-state index in [-0.39, 0.29) is 0 Å². The van der Waals surface area contributed by atoms with E-state index in [1.165, 1.54) is 0 Å². The summed E-state index contributed by atoms with van der Waals surface area (Å²) in [4.78, 5) is 0. The minimum absolute atomic E-state index is 0.372. The van der Waals surface area contributed by atoms with E-state index in [9.17, 15) is 0 Å². The number of hydrogen-bond acceptors (Lipinski definition) is 3. The molecule has 1 aliphatic heterocycles. The fraction of sp³-hybridized carbons (Fsp3) is 0.625. The van der Waals surface area contributed by atoms with Crippen molar-refractivity contribution in [3.05, 3.63) is 17.0 Å². The predicted molar refractivity (Wildman–Crippen MR) is 44.3 cm³/mol. The Balaban J connectivity index is 2.08. The van der Waals surface area contributed by atoms with Gasteiger partial charge in [0.05, 0.1) is 5.69 Å². The summed E-state index contributed by atoms with van der Waals surface area (Å²) in [7, 11) is 0. The molecule has 0 aromatic carbocycles. The molecule has 0 unspecified atom stereocenters. The summed E-state index contributed by atoms with van der Waals surface area (Å²) in [6, 6.07) is 1.79. The number of ether oxygens (including phenoxy) is 1. The first-order valence-electron chi connectivity index (χ1n) is 4.06. The van der Waals surface area contributed by atoms with Crippen molar-refractivity contribution < 1.29 is 9.26 Å². The van der Waals surface area contributed by atoms with Crippen LogP contribution in [-0.2, 0) is 4.74 Å². The molecule has 1 aliphatic rings. The average molecular weight is 188 g/mol.